The molecule has 1 aliphatic heterocycles. The predicted molar refractivity (Wildman–Crippen MR) is 119 cm³/mol. The lowest BCUT2D eigenvalue weighted by atomic mass is 9.99. The van der Waals surface area contributed by atoms with Crippen LogP contribution in [0.25, 0.3) is 16.9 Å². The lowest BCUT2D eigenvalue weighted by Crippen LogP contribution is -2.52. The van der Waals surface area contributed by atoms with Crippen molar-refractivity contribution in [2.24, 2.45) is 0 Å². The van der Waals surface area contributed by atoms with E-state index in [2.05, 4.69) is 17.6 Å². The van der Waals surface area contributed by atoms with Crippen molar-refractivity contribution >= 4 is 18.3 Å². The maximum atomic E-state index is 13.4. The molecule has 1 amide bonds. The van der Waals surface area contributed by atoms with Crippen molar-refractivity contribution in [2.45, 2.75) is 38.3 Å². The van der Waals surface area contributed by atoms with Crippen molar-refractivity contribution in [3.05, 3.63) is 72.2 Å². The van der Waals surface area contributed by atoms with Crippen molar-refractivity contribution in [2.75, 3.05) is 6.54 Å². The van der Waals surface area contributed by atoms with Gasteiger partial charge >= 0.3 is 0 Å². The molecule has 2 aromatic carbocycles. The number of hydrogen-bond donors (Lipinski definition) is 2. The molecule has 0 radical (unpaired) electrons. The Bertz CT molecular complexity index is 975. The van der Waals surface area contributed by atoms with E-state index in [9.17, 15) is 9.18 Å². The highest BCUT2D eigenvalue weighted by molar-refractivity contribution is 5.85. The standard InChI is InChI=1S/C23H25FN4O.ClH/c1-16-21(8-5-13-25-16)26-22(29)14-18-15-28(20-6-3-2-4-7-20)27-23(18)17-9-11-19(24)12-10-17;/h2-4,6-7,9-12,15-16,21,25H,5,8,13-14H2,1H3,(H,26,29);1H. The first-order valence-corrected chi connectivity index (χ1v) is 10.0. The third-order valence-electron chi connectivity index (χ3n) is 5.39. The quantitative estimate of drug-likeness (QED) is 0.648. The zero-order valence-electron chi connectivity index (χ0n) is 16.8. The van der Waals surface area contributed by atoms with Crippen molar-refractivity contribution in [1.29, 1.82) is 0 Å². The molecule has 2 heterocycles. The van der Waals surface area contributed by atoms with Crippen LogP contribution in [0.2, 0.25) is 0 Å². The summed E-state index contributed by atoms with van der Waals surface area (Å²) in [5, 5.41) is 11.3. The minimum Gasteiger partial charge on any atom is -0.352 e. The van der Waals surface area contributed by atoms with Crippen molar-refractivity contribution in [3.8, 4) is 16.9 Å². The lowest BCUT2D eigenvalue weighted by molar-refractivity contribution is -0.121. The number of piperidine rings is 1. The van der Waals surface area contributed by atoms with Gasteiger partial charge in [-0.25, -0.2) is 9.07 Å². The molecule has 2 atom stereocenters. The number of amides is 1. The van der Waals surface area contributed by atoms with Gasteiger partial charge < -0.3 is 10.6 Å². The normalized spacial score (nSPS) is 18.5. The molecule has 1 aliphatic rings. The van der Waals surface area contributed by atoms with Gasteiger partial charge in [0.15, 0.2) is 0 Å². The molecule has 3 aromatic rings. The summed E-state index contributed by atoms with van der Waals surface area (Å²) in [5.74, 6) is -0.323. The van der Waals surface area contributed by atoms with Gasteiger partial charge in [0.05, 0.1) is 17.8 Å². The van der Waals surface area contributed by atoms with E-state index in [4.69, 9.17) is 5.10 Å². The number of benzene rings is 2. The second kappa shape index (κ2) is 9.87. The molecule has 30 heavy (non-hydrogen) atoms. The van der Waals surface area contributed by atoms with Crippen LogP contribution in [0.15, 0.2) is 60.8 Å². The molecule has 5 nitrogen and oxygen atoms in total. The Morgan fingerprint density at radius 1 is 1.20 bits per heavy atom. The van der Waals surface area contributed by atoms with Crippen LogP contribution in [0.1, 0.15) is 25.3 Å². The molecule has 0 saturated carbocycles. The predicted octanol–water partition coefficient (Wildman–Crippen LogP) is 3.90. The van der Waals surface area contributed by atoms with Crippen molar-refractivity contribution in [1.82, 2.24) is 20.4 Å². The summed E-state index contributed by atoms with van der Waals surface area (Å²) in [7, 11) is 0. The molecular weight excluding hydrogens is 403 g/mol. The summed E-state index contributed by atoms with van der Waals surface area (Å²) in [6, 6.07) is 16.4. The number of aromatic nitrogens is 2. The average Bonchev–Trinajstić information content (AvgIpc) is 3.14. The fourth-order valence-corrected chi connectivity index (χ4v) is 3.77. The van der Waals surface area contributed by atoms with E-state index >= 15 is 0 Å². The fraction of sp³-hybridized carbons (Fsp3) is 0.304. The highest BCUT2D eigenvalue weighted by atomic mass is 35.5. The number of nitrogens with one attached hydrogen (secondary N) is 2. The third-order valence-corrected chi connectivity index (χ3v) is 5.39. The van der Waals surface area contributed by atoms with Crippen LogP contribution in [0, 0.1) is 5.82 Å². The second-order valence-electron chi connectivity index (χ2n) is 7.53. The van der Waals surface area contributed by atoms with Gasteiger partial charge in [0.2, 0.25) is 5.91 Å². The number of halogens is 2. The SMILES string of the molecule is CC1NCCCC1NC(=O)Cc1cn(-c2ccccc2)nc1-c1ccc(F)cc1.Cl. The van der Waals surface area contributed by atoms with Crippen LogP contribution in [0.5, 0.6) is 0 Å². The molecule has 7 heteroatoms. The van der Waals surface area contributed by atoms with Gasteiger partial charge in [0, 0.05) is 29.4 Å². The molecule has 0 bridgehead atoms. The smallest absolute Gasteiger partial charge is 0.224 e. The van der Waals surface area contributed by atoms with E-state index in [1.165, 1.54) is 12.1 Å². The number of carbonyl (C=O) groups is 1. The van der Waals surface area contributed by atoms with Gasteiger partial charge in [-0.05, 0) is 62.7 Å². The van der Waals surface area contributed by atoms with Crippen LogP contribution in [0.3, 0.4) is 0 Å². The minimum atomic E-state index is -0.297. The molecule has 1 fully saturated rings. The maximum absolute atomic E-state index is 13.4. The molecule has 2 N–H and O–H groups in total. The monoisotopic (exact) mass is 428 g/mol. The highest BCUT2D eigenvalue weighted by Gasteiger charge is 2.23. The van der Waals surface area contributed by atoms with E-state index < -0.39 is 0 Å². The molecule has 1 saturated heterocycles. The van der Waals surface area contributed by atoms with Crippen LogP contribution in [-0.4, -0.2) is 34.3 Å². The van der Waals surface area contributed by atoms with E-state index in [1.807, 2.05) is 36.5 Å². The first kappa shape index (κ1) is 22.0. The summed E-state index contributed by atoms with van der Waals surface area (Å²) >= 11 is 0. The summed E-state index contributed by atoms with van der Waals surface area (Å²) in [4.78, 5) is 12.8. The molecule has 4 rings (SSSR count). The van der Waals surface area contributed by atoms with Gasteiger partial charge in [-0.2, -0.15) is 5.10 Å². The number of para-hydroxylation sites is 1. The van der Waals surface area contributed by atoms with E-state index in [0.717, 1.165) is 36.2 Å². The third kappa shape index (κ3) is 5.07. The topological polar surface area (TPSA) is 58.9 Å². The van der Waals surface area contributed by atoms with Gasteiger partial charge in [0.25, 0.3) is 0 Å². The van der Waals surface area contributed by atoms with Crippen LogP contribution < -0.4 is 10.6 Å². The van der Waals surface area contributed by atoms with Crippen molar-refractivity contribution in [3.63, 3.8) is 0 Å². The number of carbonyl (C=O) groups excluding carboxylic acids is 1. The van der Waals surface area contributed by atoms with Crippen LogP contribution in [-0.2, 0) is 11.2 Å². The fourth-order valence-electron chi connectivity index (χ4n) is 3.77. The molecule has 0 spiro atoms. The summed E-state index contributed by atoms with van der Waals surface area (Å²) in [5.41, 5.74) is 3.21. The Hall–Kier alpha value is -2.70. The zero-order valence-corrected chi connectivity index (χ0v) is 17.7. The van der Waals surface area contributed by atoms with Crippen molar-refractivity contribution < 1.29 is 9.18 Å². The number of rotatable bonds is 5. The Balaban J connectivity index is 0.00000256. The first-order chi connectivity index (χ1) is 14.1. The molecular formula is C23H26ClFN4O. The van der Waals surface area contributed by atoms with E-state index in [0.29, 0.717) is 5.69 Å². The second-order valence-corrected chi connectivity index (χ2v) is 7.53. The minimum absolute atomic E-state index is 0. The summed E-state index contributed by atoms with van der Waals surface area (Å²) < 4.78 is 15.2. The summed E-state index contributed by atoms with van der Waals surface area (Å²) in [6.07, 6.45) is 4.15. The first-order valence-electron chi connectivity index (χ1n) is 10.0. The Kier molecular flexibility index (Phi) is 7.24. The van der Waals surface area contributed by atoms with E-state index in [-0.39, 0.29) is 42.6 Å². The Morgan fingerprint density at radius 3 is 2.63 bits per heavy atom. The number of nitrogens with zero attached hydrogens (tertiary/aromatic N) is 2. The molecule has 158 valence electrons. The molecule has 1 aromatic heterocycles. The Morgan fingerprint density at radius 2 is 1.93 bits per heavy atom. The maximum Gasteiger partial charge on any atom is 0.224 e. The Labute approximate surface area is 182 Å². The van der Waals surface area contributed by atoms with Gasteiger partial charge in [-0.15, -0.1) is 12.4 Å². The zero-order chi connectivity index (χ0) is 20.2. The number of hydrogen-bond acceptors (Lipinski definition) is 3. The van der Waals surface area contributed by atoms with E-state index in [1.54, 1.807) is 16.8 Å². The summed E-state index contributed by atoms with van der Waals surface area (Å²) in [6.45, 7) is 3.09. The van der Waals surface area contributed by atoms with Gasteiger partial charge in [-0.3, -0.25) is 4.79 Å². The molecule has 2 unspecified atom stereocenters. The highest BCUT2D eigenvalue weighted by Crippen LogP contribution is 2.25. The molecule has 0 aliphatic carbocycles. The van der Waals surface area contributed by atoms with Gasteiger partial charge in [-0.1, -0.05) is 18.2 Å². The lowest BCUT2D eigenvalue weighted by Gasteiger charge is -2.30. The van der Waals surface area contributed by atoms with Crippen LogP contribution in [0.4, 0.5) is 4.39 Å². The average molecular weight is 429 g/mol. The largest absolute Gasteiger partial charge is 0.352 e. The van der Waals surface area contributed by atoms with Gasteiger partial charge in [0.1, 0.15) is 5.82 Å². The van der Waals surface area contributed by atoms with Crippen LogP contribution >= 0.6 is 12.4 Å².